The molecular formula is C55H96N8O8. The number of ether oxygens (including phenoxy) is 4. The molecule has 0 saturated carbocycles. The van der Waals surface area contributed by atoms with Crippen molar-refractivity contribution in [1.82, 2.24) is 40.0 Å². The summed E-state index contributed by atoms with van der Waals surface area (Å²) in [7, 11) is 0. The highest BCUT2D eigenvalue weighted by atomic mass is 16.7. The lowest BCUT2D eigenvalue weighted by atomic mass is 9.92. The molecule has 4 amide bonds. The highest BCUT2D eigenvalue weighted by molar-refractivity contribution is 5.91. The summed E-state index contributed by atoms with van der Waals surface area (Å²) >= 11 is 0. The Bertz CT molecular complexity index is 1770. The number of piperidine rings is 2. The first-order valence-corrected chi connectivity index (χ1v) is 28.2. The quantitative estimate of drug-likeness (QED) is 0.205. The largest absolute Gasteiger partial charge is 0.349 e. The minimum absolute atomic E-state index is 0.00437. The molecule has 8 rings (SSSR count). The smallest absolute Gasteiger partial charge is 0.245 e. The number of piperazine rings is 2. The van der Waals surface area contributed by atoms with Crippen molar-refractivity contribution < 1.29 is 38.1 Å². The number of rotatable bonds is 16. The molecule has 7 fully saturated rings. The maximum absolute atomic E-state index is 14.0. The van der Waals surface area contributed by atoms with Crippen molar-refractivity contribution in [3.63, 3.8) is 0 Å². The van der Waals surface area contributed by atoms with Crippen LogP contribution in [-0.2, 0) is 38.1 Å². The third-order valence-corrected chi connectivity index (χ3v) is 16.3. The van der Waals surface area contributed by atoms with E-state index < -0.39 is 23.7 Å². The molecule has 16 nitrogen and oxygen atoms in total. The number of hydrogen-bond donors (Lipinski definition) is 2. The second kappa shape index (κ2) is 25.2. The van der Waals surface area contributed by atoms with Gasteiger partial charge in [0.25, 0.3) is 0 Å². The molecule has 71 heavy (non-hydrogen) atoms. The molecule has 8 aliphatic heterocycles. The van der Waals surface area contributed by atoms with Crippen LogP contribution in [0.25, 0.3) is 0 Å². The lowest BCUT2D eigenvalue weighted by Crippen LogP contribution is -2.64. The first-order chi connectivity index (χ1) is 33.8. The summed E-state index contributed by atoms with van der Waals surface area (Å²) in [5, 5.41) is 6.75. The first kappa shape index (κ1) is 56.0. The molecule has 2 N–H and O–H groups in total. The zero-order valence-electron chi connectivity index (χ0n) is 45.7. The molecule has 0 aliphatic carbocycles. The Kier molecular flexibility index (Phi) is 19.9. The molecule has 6 atom stereocenters. The van der Waals surface area contributed by atoms with E-state index in [-0.39, 0.29) is 47.8 Å². The lowest BCUT2D eigenvalue weighted by Gasteiger charge is -2.50. The monoisotopic (exact) mass is 997 g/mol. The van der Waals surface area contributed by atoms with Crippen LogP contribution in [0.2, 0.25) is 0 Å². The van der Waals surface area contributed by atoms with E-state index in [4.69, 9.17) is 18.9 Å². The van der Waals surface area contributed by atoms with E-state index in [0.717, 1.165) is 65.3 Å². The minimum atomic E-state index is -0.587. The number of amides is 4. The number of hydrogen-bond acceptors (Lipinski definition) is 12. The van der Waals surface area contributed by atoms with Crippen LogP contribution in [0.4, 0.5) is 0 Å². The van der Waals surface area contributed by atoms with Gasteiger partial charge in [0, 0.05) is 115 Å². The predicted molar refractivity (Wildman–Crippen MR) is 276 cm³/mol. The van der Waals surface area contributed by atoms with Gasteiger partial charge in [0.15, 0.2) is 11.6 Å². The average Bonchev–Trinajstić information content (AvgIpc) is 3.82. The number of carbonyl (C=O) groups is 4. The van der Waals surface area contributed by atoms with Crippen molar-refractivity contribution in [2.45, 2.75) is 175 Å². The van der Waals surface area contributed by atoms with Gasteiger partial charge in [0.2, 0.25) is 23.6 Å². The summed E-state index contributed by atoms with van der Waals surface area (Å²) in [5.74, 6) is 1.50. The molecule has 7 saturated heterocycles. The predicted octanol–water partition coefficient (Wildman–Crippen LogP) is 4.81. The van der Waals surface area contributed by atoms with Crippen molar-refractivity contribution in [3.8, 4) is 0 Å². The minimum Gasteiger partial charge on any atom is -0.349 e. The van der Waals surface area contributed by atoms with E-state index in [1.54, 1.807) is 0 Å². The maximum atomic E-state index is 14.0. The summed E-state index contributed by atoms with van der Waals surface area (Å²) in [6.45, 7) is 34.5. The van der Waals surface area contributed by atoms with Gasteiger partial charge in [-0.25, -0.2) is 0 Å². The van der Waals surface area contributed by atoms with E-state index in [1.165, 1.54) is 19.5 Å². The molecule has 0 bridgehead atoms. The van der Waals surface area contributed by atoms with Crippen LogP contribution in [0.1, 0.15) is 127 Å². The van der Waals surface area contributed by atoms with Crippen LogP contribution in [0.3, 0.4) is 0 Å². The molecule has 404 valence electrons. The van der Waals surface area contributed by atoms with Crippen molar-refractivity contribution in [2.75, 3.05) is 105 Å². The highest BCUT2D eigenvalue weighted by Gasteiger charge is 2.49. The standard InChI is InChI=1S/C28H48N4O4.C27H48N4O4/c1-20(2)14-24-26(33)32(13-9-29-24)25(15-21(3)4)27(34)31-12-8-28(16-22(31)5)35-18-23(19-36-28)17-30-10-6-7-11-30;1-19(2)13-23-25(32)31(12-8-28-23)24(14-20(3)4)26(33)30-11-7-27(15-21(30)5)34-17-22(18-35-27)16-29-9-6-10-29/h6-7,20-25,29H,8-19H2,1-5H3;19-24,28H,6-18H2,1-5H3/t22-,23?,24-,25-,28?;21-,22?,23-,24-,27?/m00/s1. The van der Waals surface area contributed by atoms with Crippen molar-refractivity contribution in [3.05, 3.63) is 12.2 Å². The van der Waals surface area contributed by atoms with Gasteiger partial charge in [-0.3, -0.25) is 24.1 Å². The number of likely N-dealkylation sites (tertiary alicyclic amines) is 3. The fraction of sp³-hybridized carbons (Fsp3) is 0.891. The van der Waals surface area contributed by atoms with Gasteiger partial charge in [-0.1, -0.05) is 67.5 Å². The van der Waals surface area contributed by atoms with Crippen LogP contribution in [0.15, 0.2) is 12.2 Å². The van der Waals surface area contributed by atoms with Crippen LogP contribution >= 0.6 is 0 Å². The molecule has 2 spiro atoms. The van der Waals surface area contributed by atoms with E-state index >= 15 is 0 Å². The second-order valence-electron chi connectivity index (χ2n) is 24.4. The SMILES string of the molecule is CC(C)C[C@@H]1NCCN([C@@H](CC(C)C)C(=O)N2CCC3(C[C@@H]2C)OCC(CN2CC=CC2)CO3)C1=O.CC(C)C[C@@H]1NCCN([C@@H](CC(C)C)C(=O)N2CCC3(C[C@@H]2C)OCC(CN2CCC2)CO3)C1=O. The molecule has 8 aliphatic rings. The van der Waals surface area contributed by atoms with Crippen LogP contribution in [-0.4, -0.2) is 206 Å². The molecular weight excluding hydrogens is 901 g/mol. The normalized spacial score (nSPS) is 33.1. The Labute approximate surface area is 427 Å². The first-order valence-electron chi connectivity index (χ1n) is 28.2. The topological polar surface area (TPSA) is 149 Å². The van der Waals surface area contributed by atoms with Gasteiger partial charge in [-0.05, 0) is 82.7 Å². The van der Waals surface area contributed by atoms with Gasteiger partial charge in [-0.15, -0.1) is 0 Å². The Hall–Kier alpha value is -2.70. The Morgan fingerprint density at radius 2 is 0.972 bits per heavy atom. The van der Waals surface area contributed by atoms with E-state index in [0.29, 0.717) is 113 Å². The number of nitrogens with zero attached hydrogens (tertiary/aromatic N) is 6. The summed E-state index contributed by atoms with van der Waals surface area (Å²) in [4.78, 5) is 67.3. The van der Waals surface area contributed by atoms with Gasteiger partial charge < -0.3 is 54.1 Å². The van der Waals surface area contributed by atoms with Crippen molar-refractivity contribution in [2.24, 2.45) is 35.5 Å². The van der Waals surface area contributed by atoms with E-state index in [2.05, 4.69) is 102 Å². The maximum Gasteiger partial charge on any atom is 0.245 e. The zero-order chi connectivity index (χ0) is 51.0. The van der Waals surface area contributed by atoms with Gasteiger partial charge in [0.1, 0.15) is 12.1 Å². The molecule has 0 aromatic rings. The highest BCUT2D eigenvalue weighted by Crippen LogP contribution is 2.38. The van der Waals surface area contributed by atoms with Gasteiger partial charge in [0.05, 0.1) is 38.5 Å². The summed E-state index contributed by atoms with van der Waals surface area (Å²) in [6, 6.07) is -1.17. The molecule has 0 aromatic heterocycles. The Morgan fingerprint density at radius 1 is 0.577 bits per heavy atom. The number of carbonyl (C=O) groups excluding carboxylic acids is 4. The Balaban J connectivity index is 0.000000209. The van der Waals surface area contributed by atoms with Crippen LogP contribution < -0.4 is 10.6 Å². The zero-order valence-corrected chi connectivity index (χ0v) is 45.7. The van der Waals surface area contributed by atoms with Crippen LogP contribution in [0.5, 0.6) is 0 Å². The van der Waals surface area contributed by atoms with E-state index in [9.17, 15) is 19.2 Å². The Morgan fingerprint density at radius 3 is 1.31 bits per heavy atom. The summed E-state index contributed by atoms with van der Waals surface area (Å²) in [5.41, 5.74) is 0. The molecule has 0 aromatic carbocycles. The van der Waals surface area contributed by atoms with Crippen LogP contribution in [0, 0.1) is 35.5 Å². The summed E-state index contributed by atoms with van der Waals surface area (Å²) in [6.07, 6.45) is 11.4. The van der Waals surface area contributed by atoms with E-state index in [1.807, 2.05) is 19.6 Å². The third kappa shape index (κ3) is 14.6. The van der Waals surface area contributed by atoms with Gasteiger partial charge >= 0.3 is 0 Å². The third-order valence-electron chi connectivity index (χ3n) is 16.3. The summed E-state index contributed by atoms with van der Waals surface area (Å²) < 4.78 is 25.4. The fourth-order valence-electron chi connectivity index (χ4n) is 12.4. The molecule has 16 heteroatoms. The van der Waals surface area contributed by atoms with Crippen molar-refractivity contribution >= 4 is 23.6 Å². The average molecular weight is 997 g/mol. The fourth-order valence-corrected chi connectivity index (χ4v) is 12.4. The second-order valence-corrected chi connectivity index (χ2v) is 24.4. The van der Waals surface area contributed by atoms with Crippen molar-refractivity contribution in [1.29, 1.82) is 0 Å². The lowest BCUT2D eigenvalue weighted by molar-refractivity contribution is -0.304. The molecule has 0 radical (unpaired) electrons. The number of nitrogens with one attached hydrogen (secondary N) is 2. The van der Waals surface area contributed by atoms with Gasteiger partial charge in [-0.2, -0.15) is 0 Å². The molecule has 8 heterocycles. The molecule has 0 unspecified atom stereocenters.